The van der Waals surface area contributed by atoms with Crippen LogP contribution >= 0.6 is 0 Å². The number of anilines is 1. The van der Waals surface area contributed by atoms with Crippen LogP contribution in [0.25, 0.3) is 0 Å². The Morgan fingerprint density at radius 2 is 2.22 bits per heavy atom. The molecule has 1 fully saturated rings. The van der Waals surface area contributed by atoms with E-state index in [2.05, 4.69) is 17.2 Å². The van der Waals surface area contributed by atoms with Gasteiger partial charge in [0.2, 0.25) is 0 Å². The summed E-state index contributed by atoms with van der Waals surface area (Å²) in [6, 6.07) is 5.85. The first-order chi connectivity index (χ1) is 8.72. The lowest BCUT2D eigenvalue weighted by Gasteiger charge is -2.26. The molecular formula is C14H21N3O. The van der Waals surface area contributed by atoms with Crippen molar-refractivity contribution in [2.75, 3.05) is 18.9 Å². The maximum absolute atomic E-state index is 12.5. The number of carbonyl (C=O) groups excluding carboxylic acids is 1. The van der Waals surface area contributed by atoms with E-state index in [1.807, 2.05) is 24.1 Å². The van der Waals surface area contributed by atoms with Crippen LogP contribution in [0.5, 0.6) is 0 Å². The summed E-state index contributed by atoms with van der Waals surface area (Å²) in [6.45, 7) is 2.98. The molecule has 4 heteroatoms. The number of nitrogens with zero attached hydrogens (tertiary/aromatic N) is 2. The Labute approximate surface area is 108 Å². The summed E-state index contributed by atoms with van der Waals surface area (Å²) in [5.74, 6) is 0.796. The fourth-order valence-electron chi connectivity index (χ4n) is 2.42. The summed E-state index contributed by atoms with van der Waals surface area (Å²) in [6.07, 6.45) is 4.63. The van der Waals surface area contributed by atoms with Gasteiger partial charge in [-0.3, -0.25) is 4.79 Å². The Morgan fingerprint density at radius 1 is 1.39 bits per heavy atom. The SMILES string of the molecule is CNc1cccc(C(=O)N2CCCCCC2C)n1. The number of hydrogen-bond acceptors (Lipinski definition) is 3. The van der Waals surface area contributed by atoms with Crippen LogP contribution in [0.1, 0.15) is 43.1 Å². The molecule has 1 saturated heterocycles. The molecule has 1 N–H and O–H groups in total. The summed E-state index contributed by atoms with van der Waals surface area (Å²) < 4.78 is 0. The predicted molar refractivity (Wildman–Crippen MR) is 72.8 cm³/mol. The molecule has 0 aromatic carbocycles. The highest BCUT2D eigenvalue weighted by Gasteiger charge is 2.23. The fraction of sp³-hybridized carbons (Fsp3) is 0.571. The van der Waals surface area contributed by atoms with Crippen molar-refractivity contribution in [1.82, 2.24) is 9.88 Å². The van der Waals surface area contributed by atoms with E-state index >= 15 is 0 Å². The van der Waals surface area contributed by atoms with E-state index in [0.29, 0.717) is 11.7 Å². The minimum absolute atomic E-state index is 0.0569. The van der Waals surface area contributed by atoms with E-state index < -0.39 is 0 Å². The van der Waals surface area contributed by atoms with Crippen LogP contribution in [0, 0.1) is 0 Å². The molecule has 2 rings (SSSR count). The number of aromatic nitrogens is 1. The molecule has 4 nitrogen and oxygen atoms in total. The van der Waals surface area contributed by atoms with Gasteiger partial charge in [0.25, 0.3) is 5.91 Å². The maximum Gasteiger partial charge on any atom is 0.272 e. The maximum atomic E-state index is 12.5. The summed E-state index contributed by atoms with van der Waals surface area (Å²) in [4.78, 5) is 18.8. The van der Waals surface area contributed by atoms with E-state index in [0.717, 1.165) is 25.2 Å². The van der Waals surface area contributed by atoms with Crippen molar-refractivity contribution in [3.8, 4) is 0 Å². The number of carbonyl (C=O) groups is 1. The van der Waals surface area contributed by atoms with E-state index in [1.165, 1.54) is 12.8 Å². The molecule has 0 aliphatic carbocycles. The van der Waals surface area contributed by atoms with E-state index in [4.69, 9.17) is 0 Å². The zero-order valence-corrected chi connectivity index (χ0v) is 11.1. The average molecular weight is 247 g/mol. The molecule has 98 valence electrons. The van der Waals surface area contributed by atoms with Crippen molar-refractivity contribution in [3.05, 3.63) is 23.9 Å². The Morgan fingerprint density at radius 3 is 3.00 bits per heavy atom. The van der Waals surface area contributed by atoms with Gasteiger partial charge in [-0.2, -0.15) is 0 Å². The second-order valence-corrected chi connectivity index (χ2v) is 4.85. The third kappa shape index (κ3) is 2.81. The van der Waals surface area contributed by atoms with Gasteiger partial charge in [0.1, 0.15) is 11.5 Å². The van der Waals surface area contributed by atoms with Crippen LogP contribution in [0.15, 0.2) is 18.2 Å². The zero-order chi connectivity index (χ0) is 13.0. The van der Waals surface area contributed by atoms with Crippen molar-refractivity contribution in [1.29, 1.82) is 0 Å². The van der Waals surface area contributed by atoms with E-state index in [9.17, 15) is 4.79 Å². The summed E-state index contributed by atoms with van der Waals surface area (Å²) >= 11 is 0. The first-order valence-corrected chi connectivity index (χ1v) is 6.68. The van der Waals surface area contributed by atoms with Crippen LogP contribution < -0.4 is 5.32 Å². The number of rotatable bonds is 2. The van der Waals surface area contributed by atoms with Gasteiger partial charge in [-0.1, -0.05) is 18.9 Å². The van der Waals surface area contributed by atoms with E-state index in [1.54, 1.807) is 6.07 Å². The number of pyridine rings is 1. The number of amides is 1. The van der Waals surface area contributed by atoms with Crippen molar-refractivity contribution in [2.45, 2.75) is 38.6 Å². The third-order valence-corrected chi connectivity index (χ3v) is 3.54. The molecule has 2 heterocycles. The highest BCUT2D eigenvalue weighted by atomic mass is 16.2. The normalized spacial score (nSPS) is 20.3. The van der Waals surface area contributed by atoms with Crippen molar-refractivity contribution < 1.29 is 4.79 Å². The third-order valence-electron chi connectivity index (χ3n) is 3.54. The first kappa shape index (κ1) is 12.9. The zero-order valence-electron chi connectivity index (χ0n) is 11.1. The molecule has 18 heavy (non-hydrogen) atoms. The van der Waals surface area contributed by atoms with Crippen molar-refractivity contribution in [2.24, 2.45) is 0 Å². The van der Waals surface area contributed by atoms with Gasteiger partial charge < -0.3 is 10.2 Å². The van der Waals surface area contributed by atoms with Gasteiger partial charge in [0.15, 0.2) is 0 Å². The van der Waals surface area contributed by atoms with Crippen LogP contribution in [0.2, 0.25) is 0 Å². The lowest BCUT2D eigenvalue weighted by atomic mass is 10.1. The standard InChI is InChI=1S/C14H21N3O/c1-11-7-4-3-5-10-17(11)14(18)12-8-6-9-13(15-2)16-12/h6,8-9,11H,3-5,7,10H2,1-2H3,(H,15,16). The molecule has 1 aliphatic heterocycles. The number of nitrogens with one attached hydrogen (secondary N) is 1. The Bertz CT molecular complexity index is 419. The van der Waals surface area contributed by atoms with Crippen LogP contribution in [-0.4, -0.2) is 35.4 Å². The Kier molecular flexibility index (Phi) is 4.18. The molecule has 1 amide bonds. The lowest BCUT2D eigenvalue weighted by molar-refractivity contribution is 0.0692. The second kappa shape index (κ2) is 5.85. The minimum Gasteiger partial charge on any atom is -0.373 e. The van der Waals surface area contributed by atoms with Gasteiger partial charge >= 0.3 is 0 Å². The minimum atomic E-state index is 0.0569. The van der Waals surface area contributed by atoms with Crippen LogP contribution in [-0.2, 0) is 0 Å². The topological polar surface area (TPSA) is 45.2 Å². The molecule has 0 bridgehead atoms. The quantitative estimate of drug-likeness (QED) is 0.873. The van der Waals surface area contributed by atoms with Crippen LogP contribution in [0.4, 0.5) is 5.82 Å². The van der Waals surface area contributed by atoms with Gasteiger partial charge in [-0.05, 0) is 31.9 Å². The predicted octanol–water partition coefficient (Wildman–Crippen LogP) is 2.53. The molecule has 1 aromatic heterocycles. The number of hydrogen-bond donors (Lipinski definition) is 1. The molecule has 0 saturated carbocycles. The molecule has 1 aromatic rings. The average Bonchev–Trinajstić information content (AvgIpc) is 2.62. The largest absolute Gasteiger partial charge is 0.373 e. The Hall–Kier alpha value is -1.58. The monoisotopic (exact) mass is 247 g/mol. The molecule has 0 spiro atoms. The lowest BCUT2D eigenvalue weighted by Crippen LogP contribution is -2.38. The highest BCUT2D eigenvalue weighted by molar-refractivity contribution is 5.92. The Balaban J connectivity index is 2.18. The summed E-state index contributed by atoms with van der Waals surface area (Å²) in [5, 5.41) is 2.97. The van der Waals surface area contributed by atoms with Gasteiger partial charge in [0, 0.05) is 19.6 Å². The summed E-state index contributed by atoms with van der Waals surface area (Å²) in [5.41, 5.74) is 0.538. The van der Waals surface area contributed by atoms with Crippen molar-refractivity contribution in [3.63, 3.8) is 0 Å². The van der Waals surface area contributed by atoms with Crippen molar-refractivity contribution >= 4 is 11.7 Å². The van der Waals surface area contributed by atoms with Gasteiger partial charge in [-0.15, -0.1) is 0 Å². The second-order valence-electron chi connectivity index (χ2n) is 4.85. The first-order valence-electron chi connectivity index (χ1n) is 6.68. The molecule has 1 aliphatic rings. The van der Waals surface area contributed by atoms with E-state index in [-0.39, 0.29) is 5.91 Å². The smallest absolute Gasteiger partial charge is 0.272 e. The molecule has 1 atom stereocenters. The summed E-state index contributed by atoms with van der Waals surface area (Å²) in [7, 11) is 1.81. The van der Waals surface area contributed by atoms with Gasteiger partial charge in [-0.25, -0.2) is 4.98 Å². The molecular weight excluding hydrogens is 226 g/mol. The number of likely N-dealkylation sites (tertiary alicyclic amines) is 1. The fourth-order valence-corrected chi connectivity index (χ4v) is 2.42. The molecule has 1 unspecified atom stereocenters. The van der Waals surface area contributed by atoms with Gasteiger partial charge in [0.05, 0.1) is 0 Å². The highest BCUT2D eigenvalue weighted by Crippen LogP contribution is 2.18. The van der Waals surface area contributed by atoms with Crippen LogP contribution in [0.3, 0.4) is 0 Å². The molecule has 0 radical (unpaired) electrons.